The molecule has 2 heterocycles. The first kappa shape index (κ1) is 12.9. The highest BCUT2D eigenvalue weighted by Crippen LogP contribution is 2.21. The monoisotopic (exact) mass is 249 g/mol. The molecule has 0 aliphatic heterocycles. The summed E-state index contributed by atoms with van der Waals surface area (Å²) in [7, 11) is 0. The molecule has 0 aliphatic rings. The van der Waals surface area contributed by atoms with Crippen molar-refractivity contribution in [2.24, 2.45) is 5.73 Å². The maximum atomic E-state index is 5.77. The third-order valence-electron chi connectivity index (χ3n) is 2.84. The summed E-state index contributed by atoms with van der Waals surface area (Å²) in [6.45, 7) is 5.29. The molecule has 0 saturated heterocycles. The molecular formula is C12H19N5O. The van der Waals surface area contributed by atoms with Gasteiger partial charge in [-0.2, -0.15) is 0 Å². The highest BCUT2D eigenvalue weighted by molar-refractivity contribution is 5.72. The number of hydrogen-bond acceptors (Lipinski definition) is 5. The van der Waals surface area contributed by atoms with Gasteiger partial charge in [-0.1, -0.05) is 6.92 Å². The SMILES string of the molecule is CC[C@H](OCCCN)c1nc2ncnc(C)c2[nH]1. The Morgan fingerprint density at radius 3 is 2.94 bits per heavy atom. The molecule has 98 valence electrons. The van der Waals surface area contributed by atoms with E-state index in [4.69, 9.17) is 10.5 Å². The van der Waals surface area contributed by atoms with Gasteiger partial charge in [0.1, 0.15) is 23.8 Å². The molecule has 2 aromatic rings. The fourth-order valence-electron chi connectivity index (χ4n) is 1.81. The lowest BCUT2D eigenvalue weighted by atomic mass is 10.2. The number of rotatable bonds is 6. The molecule has 0 aliphatic carbocycles. The summed E-state index contributed by atoms with van der Waals surface area (Å²) in [6.07, 6.45) is 3.20. The third-order valence-corrected chi connectivity index (χ3v) is 2.84. The van der Waals surface area contributed by atoms with E-state index in [1.807, 2.05) is 6.92 Å². The van der Waals surface area contributed by atoms with Crippen LogP contribution >= 0.6 is 0 Å². The lowest BCUT2D eigenvalue weighted by molar-refractivity contribution is 0.0442. The van der Waals surface area contributed by atoms with Crippen molar-refractivity contribution in [3.63, 3.8) is 0 Å². The molecule has 0 aromatic carbocycles. The molecule has 2 aromatic heterocycles. The van der Waals surface area contributed by atoms with E-state index in [1.165, 1.54) is 6.33 Å². The van der Waals surface area contributed by atoms with Crippen molar-refractivity contribution in [2.75, 3.05) is 13.2 Å². The van der Waals surface area contributed by atoms with Gasteiger partial charge in [0.05, 0.1) is 5.69 Å². The summed E-state index contributed by atoms with van der Waals surface area (Å²) in [5.41, 5.74) is 7.93. The average Bonchev–Trinajstić information content (AvgIpc) is 2.80. The normalized spacial score (nSPS) is 13.1. The number of aromatic nitrogens is 4. The molecule has 0 unspecified atom stereocenters. The molecule has 6 heteroatoms. The zero-order valence-electron chi connectivity index (χ0n) is 10.8. The number of fused-ring (bicyclic) bond motifs is 1. The second-order valence-electron chi connectivity index (χ2n) is 4.19. The van der Waals surface area contributed by atoms with E-state index in [2.05, 4.69) is 26.9 Å². The summed E-state index contributed by atoms with van der Waals surface area (Å²) in [5, 5.41) is 0. The Labute approximate surface area is 106 Å². The minimum atomic E-state index is -0.0369. The van der Waals surface area contributed by atoms with Crippen molar-refractivity contribution >= 4 is 11.2 Å². The van der Waals surface area contributed by atoms with Crippen LogP contribution in [0.15, 0.2) is 6.33 Å². The van der Waals surface area contributed by atoms with Crippen molar-refractivity contribution in [1.82, 2.24) is 19.9 Å². The molecule has 2 rings (SSSR count). The number of nitrogens with one attached hydrogen (secondary N) is 1. The van der Waals surface area contributed by atoms with Crippen LogP contribution < -0.4 is 5.73 Å². The Morgan fingerprint density at radius 2 is 2.28 bits per heavy atom. The molecule has 3 N–H and O–H groups in total. The number of ether oxygens (including phenoxy) is 1. The number of aryl methyl sites for hydroxylation is 1. The second-order valence-corrected chi connectivity index (χ2v) is 4.19. The van der Waals surface area contributed by atoms with Gasteiger partial charge in [0.2, 0.25) is 0 Å². The maximum absolute atomic E-state index is 5.77. The zero-order valence-corrected chi connectivity index (χ0v) is 10.8. The summed E-state index contributed by atoms with van der Waals surface area (Å²) in [6, 6.07) is 0. The summed E-state index contributed by atoms with van der Waals surface area (Å²) >= 11 is 0. The Kier molecular flexibility index (Phi) is 4.22. The fourth-order valence-corrected chi connectivity index (χ4v) is 1.81. The van der Waals surface area contributed by atoms with Gasteiger partial charge in [0.15, 0.2) is 5.65 Å². The minimum Gasteiger partial charge on any atom is -0.370 e. The molecule has 0 spiro atoms. The lowest BCUT2D eigenvalue weighted by Crippen LogP contribution is -2.09. The quantitative estimate of drug-likeness (QED) is 0.757. The van der Waals surface area contributed by atoms with E-state index >= 15 is 0 Å². The molecule has 0 bridgehead atoms. The van der Waals surface area contributed by atoms with Crippen molar-refractivity contribution < 1.29 is 4.74 Å². The van der Waals surface area contributed by atoms with E-state index in [0.717, 1.165) is 29.9 Å². The Hall–Kier alpha value is -1.53. The van der Waals surface area contributed by atoms with Crippen LogP contribution in [0, 0.1) is 6.92 Å². The number of nitrogens with two attached hydrogens (primary N) is 1. The van der Waals surface area contributed by atoms with Crippen LogP contribution in [0.1, 0.15) is 37.4 Å². The maximum Gasteiger partial charge on any atom is 0.181 e. The predicted molar refractivity (Wildman–Crippen MR) is 69.1 cm³/mol. The Balaban J connectivity index is 2.20. The molecule has 0 saturated carbocycles. The summed E-state index contributed by atoms with van der Waals surface area (Å²) in [5.74, 6) is 0.813. The lowest BCUT2D eigenvalue weighted by Gasteiger charge is -2.12. The zero-order chi connectivity index (χ0) is 13.0. The number of aromatic amines is 1. The number of hydrogen-bond donors (Lipinski definition) is 2. The van der Waals surface area contributed by atoms with Crippen molar-refractivity contribution in [3.05, 3.63) is 17.8 Å². The first-order valence-corrected chi connectivity index (χ1v) is 6.25. The van der Waals surface area contributed by atoms with Gasteiger partial charge in [-0.25, -0.2) is 15.0 Å². The van der Waals surface area contributed by atoms with Crippen LogP contribution in [0.3, 0.4) is 0 Å². The third kappa shape index (κ3) is 2.65. The van der Waals surface area contributed by atoms with E-state index in [0.29, 0.717) is 18.8 Å². The fraction of sp³-hybridized carbons (Fsp3) is 0.583. The van der Waals surface area contributed by atoms with Crippen LogP contribution in [0.25, 0.3) is 11.2 Å². The van der Waals surface area contributed by atoms with Crippen LogP contribution in [0.2, 0.25) is 0 Å². The number of H-pyrrole nitrogens is 1. The second kappa shape index (κ2) is 5.88. The van der Waals surface area contributed by atoms with E-state index in [1.54, 1.807) is 0 Å². The smallest absolute Gasteiger partial charge is 0.181 e. The highest BCUT2D eigenvalue weighted by Gasteiger charge is 2.15. The highest BCUT2D eigenvalue weighted by atomic mass is 16.5. The largest absolute Gasteiger partial charge is 0.370 e. The van der Waals surface area contributed by atoms with Crippen LogP contribution in [-0.4, -0.2) is 33.1 Å². The van der Waals surface area contributed by atoms with Crippen LogP contribution in [0.5, 0.6) is 0 Å². The molecule has 6 nitrogen and oxygen atoms in total. The predicted octanol–water partition coefficient (Wildman–Crippen LogP) is 1.48. The Bertz CT molecular complexity index is 510. The molecule has 1 atom stereocenters. The van der Waals surface area contributed by atoms with E-state index in [-0.39, 0.29) is 6.10 Å². The van der Waals surface area contributed by atoms with Crippen LogP contribution in [-0.2, 0) is 4.74 Å². The molecular weight excluding hydrogens is 230 g/mol. The first-order chi connectivity index (χ1) is 8.76. The number of imidazole rings is 1. The summed E-state index contributed by atoms with van der Waals surface area (Å²) in [4.78, 5) is 16.0. The molecule has 0 fully saturated rings. The van der Waals surface area contributed by atoms with Crippen molar-refractivity contribution in [3.8, 4) is 0 Å². The first-order valence-electron chi connectivity index (χ1n) is 6.25. The van der Waals surface area contributed by atoms with E-state index in [9.17, 15) is 0 Å². The van der Waals surface area contributed by atoms with Crippen molar-refractivity contribution in [2.45, 2.75) is 32.8 Å². The van der Waals surface area contributed by atoms with Gasteiger partial charge in [0.25, 0.3) is 0 Å². The van der Waals surface area contributed by atoms with E-state index < -0.39 is 0 Å². The standard InChI is InChI=1S/C12H19N5O/c1-3-9(18-6-4-5-13)11-16-10-8(2)14-7-15-12(10)17-11/h7,9H,3-6,13H2,1-2H3,(H,14,15,16,17)/t9-/m0/s1. The van der Waals surface area contributed by atoms with Gasteiger partial charge in [-0.15, -0.1) is 0 Å². The topological polar surface area (TPSA) is 89.7 Å². The van der Waals surface area contributed by atoms with Crippen molar-refractivity contribution in [1.29, 1.82) is 0 Å². The van der Waals surface area contributed by atoms with Gasteiger partial charge in [0, 0.05) is 6.61 Å². The number of nitrogens with zero attached hydrogens (tertiary/aromatic N) is 3. The molecule has 0 radical (unpaired) electrons. The van der Waals surface area contributed by atoms with Gasteiger partial charge in [-0.3, -0.25) is 0 Å². The van der Waals surface area contributed by atoms with Crippen LogP contribution in [0.4, 0.5) is 0 Å². The van der Waals surface area contributed by atoms with Gasteiger partial charge in [-0.05, 0) is 26.3 Å². The van der Waals surface area contributed by atoms with Gasteiger partial charge < -0.3 is 15.5 Å². The van der Waals surface area contributed by atoms with Gasteiger partial charge >= 0.3 is 0 Å². The molecule has 18 heavy (non-hydrogen) atoms. The average molecular weight is 249 g/mol. The Morgan fingerprint density at radius 1 is 1.44 bits per heavy atom. The summed E-state index contributed by atoms with van der Waals surface area (Å²) < 4.78 is 5.77. The minimum absolute atomic E-state index is 0.0369. The molecule has 0 amide bonds.